The Balaban J connectivity index is 2.01. The summed E-state index contributed by atoms with van der Waals surface area (Å²) in [5, 5.41) is 3.33. The lowest BCUT2D eigenvalue weighted by molar-refractivity contribution is -0.114. The predicted molar refractivity (Wildman–Crippen MR) is 106 cm³/mol. The van der Waals surface area contributed by atoms with Gasteiger partial charge in [-0.1, -0.05) is 36.9 Å². The average Bonchev–Trinajstić information content (AvgIpc) is 3.01. The maximum atomic E-state index is 13.3. The van der Waals surface area contributed by atoms with Gasteiger partial charge in [0.25, 0.3) is 10.0 Å². The van der Waals surface area contributed by atoms with Crippen LogP contribution in [0.1, 0.15) is 13.8 Å². The lowest BCUT2D eigenvalue weighted by atomic mass is 10.3. The van der Waals surface area contributed by atoms with Gasteiger partial charge in [0.15, 0.2) is 5.17 Å². The van der Waals surface area contributed by atoms with Gasteiger partial charge in [0.1, 0.15) is 0 Å². The Bertz CT molecular complexity index is 926. The lowest BCUT2D eigenvalue weighted by Crippen LogP contribution is -2.34. The quantitative estimate of drug-likeness (QED) is 0.870. The molecule has 1 amide bonds. The number of carbonyl (C=O) groups is 1. The van der Waals surface area contributed by atoms with Gasteiger partial charge in [-0.2, -0.15) is 0 Å². The van der Waals surface area contributed by atoms with Gasteiger partial charge in [0, 0.05) is 17.9 Å². The third kappa shape index (κ3) is 3.91. The minimum Gasteiger partial charge on any atom is -0.326 e. The number of nitrogens with zero attached hydrogens (tertiary/aromatic N) is 2. The summed E-state index contributed by atoms with van der Waals surface area (Å²) in [6, 6.07) is 15.0. The number of benzene rings is 2. The molecule has 3 rings (SSSR count). The van der Waals surface area contributed by atoms with E-state index >= 15 is 0 Å². The van der Waals surface area contributed by atoms with Crippen molar-refractivity contribution < 1.29 is 13.2 Å². The van der Waals surface area contributed by atoms with Gasteiger partial charge < -0.3 is 5.32 Å². The zero-order valence-electron chi connectivity index (χ0n) is 14.4. The summed E-state index contributed by atoms with van der Waals surface area (Å²) in [5.74, 6) is -0.211. The molecule has 0 unspecified atom stereocenters. The second kappa shape index (κ2) is 7.51. The van der Waals surface area contributed by atoms with E-state index in [1.165, 1.54) is 35.1 Å². The third-order valence-corrected chi connectivity index (χ3v) is 6.59. The van der Waals surface area contributed by atoms with Gasteiger partial charge in [-0.25, -0.2) is 12.7 Å². The molecule has 1 N–H and O–H groups in total. The second-order valence-electron chi connectivity index (χ2n) is 5.86. The largest absolute Gasteiger partial charge is 0.326 e. The summed E-state index contributed by atoms with van der Waals surface area (Å²) < 4.78 is 27.9. The number of sulfonamides is 1. The Morgan fingerprint density at radius 1 is 1.15 bits per heavy atom. The van der Waals surface area contributed by atoms with Gasteiger partial charge in [-0.15, -0.1) is 0 Å². The van der Waals surface area contributed by atoms with Gasteiger partial charge in [0.2, 0.25) is 5.91 Å². The highest BCUT2D eigenvalue weighted by Gasteiger charge is 2.32. The molecule has 26 heavy (non-hydrogen) atoms. The monoisotopic (exact) mass is 389 g/mol. The summed E-state index contributed by atoms with van der Waals surface area (Å²) in [6.07, 6.45) is 0. The summed E-state index contributed by atoms with van der Waals surface area (Å²) in [7, 11) is -3.84. The van der Waals surface area contributed by atoms with E-state index in [1.54, 1.807) is 36.4 Å². The number of hydrogen-bond donors (Lipinski definition) is 1. The molecule has 1 heterocycles. The van der Waals surface area contributed by atoms with Crippen molar-refractivity contribution in [1.29, 1.82) is 0 Å². The first kappa shape index (κ1) is 18.5. The number of amidine groups is 1. The number of thioether (sulfide) groups is 1. The summed E-state index contributed by atoms with van der Waals surface area (Å²) >= 11 is 1.44. The van der Waals surface area contributed by atoms with Crippen LogP contribution in [-0.4, -0.2) is 31.3 Å². The van der Waals surface area contributed by atoms with E-state index in [4.69, 9.17) is 0 Å². The van der Waals surface area contributed by atoms with Gasteiger partial charge >= 0.3 is 0 Å². The molecule has 0 aromatic heterocycles. The van der Waals surface area contributed by atoms with E-state index < -0.39 is 10.0 Å². The zero-order valence-corrected chi connectivity index (χ0v) is 16.0. The maximum absolute atomic E-state index is 13.3. The summed E-state index contributed by atoms with van der Waals surface area (Å²) in [6.45, 7) is 4.00. The van der Waals surface area contributed by atoms with Crippen LogP contribution in [0, 0.1) is 0 Å². The molecule has 0 spiro atoms. The lowest BCUT2D eigenvalue weighted by Gasteiger charge is -2.24. The molecule has 8 heteroatoms. The zero-order chi connectivity index (χ0) is 18.7. The fourth-order valence-corrected chi connectivity index (χ4v) is 5.14. The summed E-state index contributed by atoms with van der Waals surface area (Å²) in [4.78, 5) is 15.7. The first-order chi connectivity index (χ1) is 12.4. The van der Waals surface area contributed by atoms with Crippen LogP contribution in [0.3, 0.4) is 0 Å². The van der Waals surface area contributed by atoms with Gasteiger partial charge in [-0.05, 0) is 36.4 Å². The molecular weight excluding hydrogens is 370 g/mol. The minimum atomic E-state index is -3.84. The number of nitrogens with one attached hydrogen (secondary N) is 1. The van der Waals surface area contributed by atoms with Crippen molar-refractivity contribution >= 4 is 44.2 Å². The van der Waals surface area contributed by atoms with Crippen molar-refractivity contribution in [3.05, 3.63) is 54.6 Å². The van der Waals surface area contributed by atoms with Crippen LogP contribution in [0.25, 0.3) is 0 Å². The van der Waals surface area contributed by atoms with Crippen molar-refractivity contribution in [2.45, 2.75) is 24.0 Å². The van der Waals surface area contributed by atoms with Crippen LogP contribution < -0.4 is 9.62 Å². The fraction of sp³-hybridized carbons (Fsp3) is 0.222. The van der Waals surface area contributed by atoms with Crippen LogP contribution in [-0.2, 0) is 14.8 Å². The number of rotatable bonds is 4. The Morgan fingerprint density at radius 3 is 2.35 bits per heavy atom. The molecular formula is C18H19N3O3S2. The predicted octanol–water partition coefficient (Wildman–Crippen LogP) is 3.33. The molecule has 1 atom stereocenters. The van der Waals surface area contributed by atoms with Crippen LogP contribution >= 0.6 is 11.8 Å². The Hall–Kier alpha value is -2.32. The van der Waals surface area contributed by atoms with Gasteiger partial charge in [-0.3, -0.25) is 9.79 Å². The molecule has 0 aliphatic carbocycles. The molecule has 6 nitrogen and oxygen atoms in total. The van der Waals surface area contributed by atoms with Crippen molar-refractivity contribution in [2.75, 3.05) is 16.2 Å². The highest BCUT2D eigenvalue weighted by molar-refractivity contribution is 8.16. The Morgan fingerprint density at radius 2 is 1.81 bits per heavy atom. The van der Waals surface area contributed by atoms with Crippen LogP contribution in [0.4, 0.5) is 11.4 Å². The second-order valence-corrected chi connectivity index (χ2v) is 9.05. The summed E-state index contributed by atoms with van der Waals surface area (Å²) in [5.41, 5.74) is 1.09. The van der Waals surface area contributed by atoms with E-state index in [9.17, 15) is 13.2 Å². The van der Waals surface area contributed by atoms with Crippen molar-refractivity contribution in [3.8, 4) is 0 Å². The minimum absolute atomic E-state index is 0.137. The highest BCUT2D eigenvalue weighted by Crippen LogP contribution is 2.32. The van der Waals surface area contributed by atoms with Crippen LogP contribution in [0.15, 0.2) is 64.5 Å². The molecule has 136 valence electrons. The molecule has 0 fully saturated rings. The van der Waals surface area contributed by atoms with Crippen LogP contribution in [0.5, 0.6) is 0 Å². The molecule has 0 saturated carbocycles. The van der Waals surface area contributed by atoms with Crippen molar-refractivity contribution in [1.82, 2.24) is 0 Å². The highest BCUT2D eigenvalue weighted by atomic mass is 32.2. The Labute approximate surface area is 157 Å². The van der Waals surface area contributed by atoms with E-state index in [0.717, 1.165) is 0 Å². The number of para-hydroxylation sites is 1. The number of carbonyl (C=O) groups excluding carboxylic acids is 1. The molecule has 1 aliphatic rings. The number of amides is 1. The molecule has 0 radical (unpaired) electrons. The molecule has 1 aliphatic heterocycles. The standard InChI is InChI=1S/C18H19N3O3S2/c1-13-12-19-18(25-13)21(16-6-4-3-5-7-16)26(23,24)17-10-8-15(9-11-17)20-14(2)22/h3-11,13H,12H2,1-2H3,(H,20,22)/t13-/m0/s1. The Kier molecular flexibility index (Phi) is 5.33. The van der Waals surface area contributed by atoms with Gasteiger partial charge in [0.05, 0.1) is 17.1 Å². The topological polar surface area (TPSA) is 78.8 Å². The molecule has 2 aromatic carbocycles. The molecule has 0 saturated heterocycles. The van der Waals surface area contributed by atoms with Crippen LogP contribution in [0.2, 0.25) is 0 Å². The van der Waals surface area contributed by atoms with E-state index in [-0.39, 0.29) is 16.1 Å². The third-order valence-electron chi connectivity index (χ3n) is 3.67. The first-order valence-electron chi connectivity index (χ1n) is 8.07. The number of anilines is 2. The maximum Gasteiger partial charge on any atom is 0.270 e. The number of aliphatic imine (C=N–C) groups is 1. The molecule has 0 bridgehead atoms. The van der Waals surface area contributed by atoms with E-state index in [1.807, 2.05) is 13.0 Å². The normalized spacial score (nSPS) is 16.8. The van der Waals surface area contributed by atoms with E-state index in [0.29, 0.717) is 23.1 Å². The number of hydrogen-bond acceptors (Lipinski definition) is 5. The smallest absolute Gasteiger partial charge is 0.270 e. The fourth-order valence-electron chi connectivity index (χ4n) is 2.51. The van der Waals surface area contributed by atoms with Crippen molar-refractivity contribution in [2.24, 2.45) is 4.99 Å². The first-order valence-corrected chi connectivity index (χ1v) is 10.4. The average molecular weight is 390 g/mol. The SMILES string of the molecule is CC(=O)Nc1ccc(S(=O)(=O)N(C2=NC[C@H](C)S2)c2ccccc2)cc1. The van der Waals surface area contributed by atoms with Crippen molar-refractivity contribution in [3.63, 3.8) is 0 Å². The molecule has 2 aromatic rings. The van der Waals surface area contributed by atoms with E-state index in [2.05, 4.69) is 10.3 Å².